The average molecular weight is 292 g/mol. The Morgan fingerprint density at radius 2 is 2.15 bits per heavy atom. The van der Waals surface area contributed by atoms with Crippen LogP contribution in [0.2, 0.25) is 0 Å². The van der Waals surface area contributed by atoms with E-state index in [0.717, 1.165) is 12.6 Å². The predicted octanol–water partition coefficient (Wildman–Crippen LogP) is 3.88. The summed E-state index contributed by atoms with van der Waals surface area (Å²) in [5.41, 5.74) is 0.551. The molecule has 0 saturated heterocycles. The second-order valence-electron chi connectivity index (χ2n) is 6.70. The molecule has 0 spiro atoms. The molecule has 2 aliphatic rings. The fourth-order valence-corrected chi connectivity index (χ4v) is 4.42. The van der Waals surface area contributed by atoms with Crippen LogP contribution in [0.15, 0.2) is 17.5 Å². The topological polar surface area (TPSA) is 15.3 Å². The second-order valence-corrected chi connectivity index (χ2v) is 7.74. The van der Waals surface area contributed by atoms with Crippen LogP contribution in [-0.2, 0) is 6.54 Å². The first-order valence-corrected chi connectivity index (χ1v) is 9.16. The van der Waals surface area contributed by atoms with E-state index in [1.54, 1.807) is 0 Å². The van der Waals surface area contributed by atoms with Gasteiger partial charge >= 0.3 is 0 Å². The first-order valence-electron chi connectivity index (χ1n) is 8.28. The van der Waals surface area contributed by atoms with Gasteiger partial charge in [-0.1, -0.05) is 25.8 Å². The van der Waals surface area contributed by atoms with Crippen LogP contribution in [0.4, 0.5) is 0 Å². The number of thiophene rings is 1. The lowest BCUT2D eigenvalue weighted by Gasteiger charge is -2.36. The van der Waals surface area contributed by atoms with Crippen molar-refractivity contribution in [3.63, 3.8) is 0 Å². The molecular weight excluding hydrogens is 264 g/mol. The van der Waals surface area contributed by atoms with Crippen LogP contribution >= 0.6 is 11.3 Å². The van der Waals surface area contributed by atoms with Crippen LogP contribution in [0.3, 0.4) is 0 Å². The minimum Gasteiger partial charge on any atom is -0.316 e. The van der Waals surface area contributed by atoms with Crippen molar-refractivity contribution in [3.05, 3.63) is 22.4 Å². The summed E-state index contributed by atoms with van der Waals surface area (Å²) < 4.78 is 0. The Balaban J connectivity index is 1.64. The molecular formula is C17H28N2S. The summed E-state index contributed by atoms with van der Waals surface area (Å²) in [7, 11) is 0. The summed E-state index contributed by atoms with van der Waals surface area (Å²) >= 11 is 1.91. The van der Waals surface area contributed by atoms with Crippen LogP contribution < -0.4 is 5.32 Å². The molecule has 1 heterocycles. The third-order valence-electron chi connectivity index (χ3n) is 4.96. The molecule has 0 unspecified atom stereocenters. The summed E-state index contributed by atoms with van der Waals surface area (Å²) in [6.45, 7) is 7.04. The molecule has 20 heavy (non-hydrogen) atoms. The highest BCUT2D eigenvalue weighted by Crippen LogP contribution is 2.41. The van der Waals surface area contributed by atoms with E-state index in [4.69, 9.17) is 0 Å². The second kappa shape index (κ2) is 6.59. The van der Waals surface area contributed by atoms with Crippen molar-refractivity contribution in [1.29, 1.82) is 0 Å². The summed E-state index contributed by atoms with van der Waals surface area (Å²) in [4.78, 5) is 4.32. The standard InChI is InChI=1S/C17H28N2S/c1-2-18-13-17(9-3-4-10-17)14-19(15-7-8-15)12-16-6-5-11-20-16/h5-6,11,15,18H,2-4,7-10,12-14H2,1H3. The van der Waals surface area contributed by atoms with E-state index in [9.17, 15) is 0 Å². The normalized spacial score (nSPS) is 21.7. The molecule has 2 nitrogen and oxygen atoms in total. The van der Waals surface area contributed by atoms with Gasteiger partial charge in [0.1, 0.15) is 0 Å². The third kappa shape index (κ3) is 3.63. The van der Waals surface area contributed by atoms with E-state index in [1.807, 2.05) is 11.3 Å². The van der Waals surface area contributed by atoms with Gasteiger partial charge in [0, 0.05) is 30.6 Å². The van der Waals surface area contributed by atoms with Crippen LogP contribution in [-0.4, -0.2) is 30.6 Å². The number of hydrogen-bond donors (Lipinski definition) is 1. The SMILES string of the molecule is CCNCC1(CN(Cc2cccs2)C2CC2)CCCC1. The number of nitrogens with zero attached hydrogens (tertiary/aromatic N) is 1. The van der Waals surface area contributed by atoms with E-state index < -0.39 is 0 Å². The Hall–Kier alpha value is -0.380. The van der Waals surface area contributed by atoms with Crippen LogP contribution in [0.5, 0.6) is 0 Å². The predicted molar refractivity (Wildman–Crippen MR) is 87.2 cm³/mol. The first-order chi connectivity index (χ1) is 9.81. The summed E-state index contributed by atoms with van der Waals surface area (Å²) in [5.74, 6) is 0. The molecule has 1 aromatic rings. The highest BCUT2D eigenvalue weighted by molar-refractivity contribution is 7.09. The van der Waals surface area contributed by atoms with Gasteiger partial charge in [0.05, 0.1) is 0 Å². The van der Waals surface area contributed by atoms with E-state index >= 15 is 0 Å². The quantitative estimate of drug-likeness (QED) is 0.782. The molecule has 0 radical (unpaired) electrons. The van der Waals surface area contributed by atoms with E-state index in [2.05, 4.69) is 34.7 Å². The zero-order valence-corrected chi connectivity index (χ0v) is 13.6. The van der Waals surface area contributed by atoms with Crippen molar-refractivity contribution in [2.45, 2.75) is 58.0 Å². The van der Waals surface area contributed by atoms with Crippen LogP contribution in [0.25, 0.3) is 0 Å². The van der Waals surface area contributed by atoms with E-state index in [1.165, 1.54) is 63.0 Å². The zero-order chi connectivity index (χ0) is 13.8. The lowest BCUT2D eigenvalue weighted by Crippen LogP contribution is -2.43. The van der Waals surface area contributed by atoms with E-state index in [-0.39, 0.29) is 0 Å². The van der Waals surface area contributed by atoms with Gasteiger partial charge in [0.15, 0.2) is 0 Å². The Bertz CT molecular complexity index is 391. The molecule has 1 aromatic heterocycles. The lowest BCUT2D eigenvalue weighted by atomic mass is 9.85. The molecule has 0 amide bonds. The molecule has 2 fully saturated rings. The Morgan fingerprint density at radius 3 is 2.75 bits per heavy atom. The van der Waals surface area contributed by atoms with Crippen molar-refractivity contribution in [2.75, 3.05) is 19.6 Å². The minimum atomic E-state index is 0.551. The molecule has 3 heteroatoms. The van der Waals surface area contributed by atoms with Crippen molar-refractivity contribution in [3.8, 4) is 0 Å². The smallest absolute Gasteiger partial charge is 0.0331 e. The molecule has 0 aromatic carbocycles. The molecule has 0 atom stereocenters. The average Bonchev–Trinajstić information content (AvgIpc) is 2.99. The Labute approximate surface area is 127 Å². The third-order valence-corrected chi connectivity index (χ3v) is 5.82. The summed E-state index contributed by atoms with van der Waals surface area (Å²) in [6, 6.07) is 5.36. The fourth-order valence-electron chi connectivity index (χ4n) is 3.69. The maximum atomic E-state index is 3.63. The van der Waals surface area contributed by atoms with Gasteiger partial charge in [-0.25, -0.2) is 0 Å². The van der Waals surface area contributed by atoms with Crippen LogP contribution in [0, 0.1) is 5.41 Å². The molecule has 2 aliphatic carbocycles. The van der Waals surface area contributed by atoms with Crippen molar-refractivity contribution >= 4 is 11.3 Å². The molecule has 2 saturated carbocycles. The van der Waals surface area contributed by atoms with Gasteiger partial charge in [0.2, 0.25) is 0 Å². The zero-order valence-electron chi connectivity index (χ0n) is 12.7. The molecule has 112 valence electrons. The van der Waals surface area contributed by atoms with Gasteiger partial charge in [-0.3, -0.25) is 4.90 Å². The van der Waals surface area contributed by atoms with Gasteiger partial charge in [0.25, 0.3) is 0 Å². The summed E-state index contributed by atoms with van der Waals surface area (Å²) in [6.07, 6.45) is 8.55. The maximum absolute atomic E-state index is 3.63. The highest BCUT2D eigenvalue weighted by atomic mass is 32.1. The van der Waals surface area contributed by atoms with Gasteiger partial charge < -0.3 is 5.32 Å². The van der Waals surface area contributed by atoms with Gasteiger partial charge in [-0.2, -0.15) is 0 Å². The van der Waals surface area contributed by atoms with Crippen molar-refractivity contribution in [1.82, 2.24) is 10.2 Å². The Kier molecular flexibility index (Phi) is 4.79. The number of nitrogens with one attached hydrogen (secondary N) is 1. The van der Waals surface area contributed by atoms with Crippen molar-refractivity contribution in [2.24, 2.45) is 5.41 Å². The molecule has 3 rings (SSSR count). The van der Waals surface area contributed by atoms with Crippen molar-refractivity contribution < 1.29 is 0 Å². The van der Waals surface area contributed by atoms with E-state index in [0.29, 0.717) is 5.41 Å². The highest BCUT2D eigenvalue weighted by Gasteiger charge is 2.39. The number of hydrogen-bond acceptors (Lipinski definition) is 3. The fraction of sp³-hybridized carbons (Fsp3) is 0.765. The largest absolute Gasteiger partial charge is 0.316 e. The summed E-state index contributed by atoms with van der Waals surface area (Å²) in [5, 5.41) is 5.84. The van der Waals surface area contributed by atoms with Crippen LogP contribution in [0.1, 0.15) is 50.3 Å². The molecule has 0 bridgehead atoms. The lowest BCUT2D eigenvalue weighted by molar-refractivity contribution is 0.137. The van der Waals surface area contributed by atoms with Gasteiger partial charge in [-0.05, 0) is 49.1 Å². The Morgan fingerprint density at radius 1 is 1.35 bits per heavy atom. The number of rotatable bonds is 8. The monoisotopic (exact) mass is 292 g/mol. The molecule has 0 aliphatic heterocycles. The maximum Gasteiger partial charge on any atom is 0.0331 e. The minimum absolute atomic E-state index is 0.551. The van der Waals surface area contributed by atoms with Gasteiger partial charge in [-0.15, -0.1) is 11.3 Å². The first kappa shape index (κ1) is 14.6. The molecule has 1 N–H and O–H groups in total.